The second kappa shape index (κ2) is 3.47. The van der Waals surface area contributed by atoms with Crippen LogP contribution < -0.4 is 10.6 Å². The monoisotopic (exact) mass is 279 g/mol. The van der Waals surface area contributed by atoms with Crippen LogP contribution in [-0.2, 0) is 0 Å². The Kier molecular flexibility index (Phi) is 2.45. The van der Waals surface area contributed by atoms with E-state index in [-0.39, 0.29) is 5.95 Å². The molecule has 0 aromatic heterocycles. The molecule has 0 saturated heterocycles. The van der Waals surface area contributed by atoms with E-state index in [2.05, 4.69) is 26.6 Å². The first-order valence-corrected chi connectivity index (χ1v) is 5.17. The number of hydrogen-bond donors (Lipinski definition) is 2. The number of nitrogens with zero attached hydrogens (tertiary/aromatic N) is 1. The van der Waals surface area contributed by atoms with E-state index in [0.717, 1.165) is 5.70 Å². The Labute approximate surface area is 94.4 Å². The molecule has 76 valence electrons. The van der Waals surface area contributed by atoms with Gasteiger partial charge in [-0.3, -0.25) is 0 Å². The highest BCUT2D eigenvalue weighted by Gasteiger charge is 2.22. The summed E-state index contributed by atoms with van der Waals surface area (Å²) in [6.07, 6.45) is 6.68. The Bertz CT molecular complexity index is 337. The Balaban J connectivity index is 2.09. The molecule has 0 fully saturated rings. The van der Waals surface area contributed by atoms with Gasteiger partial charge in [0, 0.05) is 6.20 Å². The quantitative estimate of drug-likeness (QED) is 0.567. The molecule has 0 saturated carbocycles. The predicted molar refractivity (Wildman–Crippen MR) is 56.9 cm³/mol. The first-order valence-electron chi connectivity index (χ1n) is 4.00. The minimum Gasteiger partial charge on any atom is -0.359 e. The van der Waals surface area contributed by atoms with Gasteiger partial charge in [-0.1, -0.05) is 11.6 Å². The maximum atomic E-state index is 12.7. The first kappa shape index (κ1) is 9.86. The summed E-state index contributed by atoms with van der Waals surface area (Å²) in [5, 5.41) is 5.47. The molecule has 14 heavy (non-hydrogen) atoms. The average molecular weight is 281 g/mol. The summed E-state index contributed by atoms with van der Waals surface area (Å²) in [6.45, 7) is 0.432. The minimum atomic E-state index is -0.730. The SMILES string of the molecule is FC1=CN(C2=CNC(Cl)(Br)C=C2)CN1. The molecule has 2 aliphatic heterocycles. The Morgan fingerprint density at radius 3 is 2.93 bits per heavy atom. The second-order valence-corrected chi connectivity index (χ2v) is 5.26. The molecule has 2 rings (SSSR count). The van der Waals surface area contributed by atoms with E-state index < -0.39 is 3.91 Å². The number of alkyl halides is 2. The smallest absolute Gasteiger partial charge is 0.204 e. The van der Waals surface area contributed by atoms with Crippen molar-refractivity contribution in [1.82, 2.24) is 15.5 Å². The molecule has 0 radical (unpaired) electrons. The van der Waals surface area contributed by atoms with Crippen molar-refractivity contribution >= 4 is 27.5 Å². The molecule has 0 spiro atoms. The molecule has 1 atom stereocenters. The Morgan fingerprint density at radius 1 is 1.64 bits per heavy atom. The number of hydrogen-bond acceptors (Lipinski definition) is 3. The Hall–Kier alpha value is -0.680. The van der Waals surface area contributed by atoms with Crippen LogP contribution in [0.4, 0.5) is 4.39 Å². The van der Waals surface area contributed by atoms with Crippen LogP contribution in [0.15, 0.2) is 36.2 Å². The van der Waals surface area contributed by atoms with Gasteiger partial charge in [0.05, 0.1) is 18.6 Å². The highest BCUT2D eigenvalue weighted by molar-refractivity contribution is 9.10. The van der Waals surface area contributed by atoms with Crippen LogP contribution in [0.3, 0.4) is 0 Å². The van der Waals surface area contributed by atoms with Gasteiger partial charge >= 0.3 is 0 Å². The van der Waals surface area contributed by atoms with E-state index in [0.29, 0.717) is 6.67 Å². The molecular formula is C8H8BrClFN3. The molecule has 6 heteroatoms. The molecular weight excluding hydrogens is 272 g/mol. The molecule has 0 aromatic rings. The van der Waals surface area contributed by atoms with Crippen molar-refractivity contribution in [3.05, 3.63) is 36.2 Å². The van der Waals surface area contributed by atoms with Crippen LogP contribution in [0, 0.1) is 0 Å². The first-order chi connectivity index (χ1) is 6.57. The average Bonchev–Trinajstić information content (AvgIpc) is 2.52. The van der Waals surface area contributed by atoms with Crippen LogP contribution in [0.1, 0.15) is 0 Å². The lowest BCUT2D eigenvalue weighted by Gasteiger charge is -2.24. The fourth-order valence-electron chi connectivity index (χ4n) is 1.19. The van der Waals surface area contributed by atoms with Gasteiger partial charge in [-0.2, -0.15) is 4.39 Å². The summed E-state index contributed by atoms with van der Waals surface area (Å²) in [5.74, 6) is -0.333. The predicted octanol–water partition coefficient (Wildman–Crippen LogP) is 1.91. The van der Waals surface area contributed by atoms with E-state index >= 15 is 0 Å². The molecule has 1 unspecified atom stereocenters. The van der Waals surface area contributed by atoms with Gasteiger partial charge in [0.2, 0.25) is 5.95 Å². The topological polar surface area (TPSA) is 27.3 Å². The zero-order valence-electron chi connectivity index (χ0n) is 7.10. The van der Waals surface area contributed by atoms with Crippen LogP contribution in [0.2, 0.25) is 0 Å². The van der Waals surface area contributed by atoms with Crippen molar-refractivity contribution in [1.29, 1.82) is 0 Å². The van der Waals surface area contributed by atoms with Crippen LogP contribution in [-0.4, -0.2) is 15.5 Å². The van der Waals surface area contributed by atoms with E-state index in [4.69, 9.17) is 11.6 Å². The van der Waals surface area contributed by atoms with Crippen molar-refractivity contribution in [2.45, 2.75) is 3.91 Å². The van der Waals surface area contributed by atoms with E-state index in [1.807, 2.05) is 6.08 Å². The summed E-state index contributed by atoms with van der Waals surface area (Å²) >= 11 is 9.16. The van der Waals surface area contributed by atoms with E-state index in [1.165, 1.54) is 6.20 Å². The standard InChI is InChI=1S/C8H8BrClFN3/c9-8(10)2-1-6(3-13-8)14-4-7(11)12-5-14/h1-4,12-13H,5H2. The summed E-state index contributed by atoms with van der Waals surface area (Å²) in [4.78, 5) is 1.73. The zero-order valence-corrected chi connectivity index (χ0v) is 9.44. The molecule has 0 aromatic carbocycles. The van der Waals surface area contributed by atoms with Crippen molar-refractivity contribution in [3.63, 3.8) is 0 Å². The fraction of sp³-hybridized carbons (Fsp3) is 0.250. The lowest BCUT2D eigenvalue weighted by molar-refractivity contribution is 0.477. The van der Waals surface area contributed by atoms with Gasteiger partial charge in [-0.05, 0) is 28.1 Å². The lowest BCUT2D eigenvalue weighted by Crippen LogP contribution is -2.32. The minimum absolute atomic E-state index is 0.333. The summed E-state index contributed by atoms with van der Waals surface area (Å²) in [6, 6.07) is 0. The third kappa shape index (κ3) is 2.04. The third-order valence-corrected chi connectivity index (χ3v) is 2.62. The van der Waals surface area contributed by atoms with Gasteiger partial charge < -0.3 is 15.5 Å². The van der Waals surface area contributed by atoms with Gasteiger partial charge in [-0.25, -0.2) is 0 Å². The number of rotatable bonds is 1. The highest BCUT2D eigenvalue weighted by atomic mass is 79.9. The molecule has 2 heterocycles. The van der Waals surface area contributed by atoms with Crippen molar-refractivity contribution in [3.8, 4) is 0 Å². The van der Waals surface area contributed by atoms with Crippen LogP contribution >= 0.6 is 27.5 Å². The number of halogens is 3. The molecule has 3 nitrogen and oxygen atoms in total. The van der Waals surface area contributed by atoms with Gasteiger partial charge in [0.1, 0.15) is 0 Å². The lowest BCUT2D eigenvalue weighted by atomic mass is 10.3. The number of dihydropyridines is 1. The Morgan fingerprint density at radius 2 is 2.43 bits per heavy atom. The number of nitrogens with one attached hydrogen (secondary N) is 2. The van der Waals surface area contributed by atoms with Crippen LogP contribution in [0.25, 0.3) is 0 Å². The van der Waals surface area contributed by atoms with Gasteiger partial charge in [0.25, 0.3) is 0 Å². The third-order valence-electron chi connectivity index (χ3n) is 1.90. The van der Waals surface area contributed by atoms with E-state index in [9.17, 15) is 4.39 Å². The normalized spacial score (nSPS) is 30.6. The molecule has 0 aliphatic carbocycles. The van der Waals surface area contributed by atoms with Gasteiger partial charge in [-0.15, -0.1) is 0 Å². The second-order valence-electron chi connectivity index (χ2n) is 2.95. The van der Waals surface area contributed by atoms with E-state index in [1.54, 1.807) is 17.2 Å². The summed E-state index contributed by atoms with van der Waals surface area (Å²) in [7, 11) is 0. The summed E-state index contributed by atoms with van der Waals surface area (Å²) in [5.41, 5.74) is 0.848. The van der Waals surface area contributed by atoms with Crippen LogP contribution in [0.5, 0.6) is 0 Å². The molecule has 0 amide bonds. The van der Waals surface area contributed by atoms with Gasteiger partial charge in [0.15, 0.2) is 3.91 Å². The van der Waals surface area contributed by atoms with Crippen molar-refractivity contribution < 1.29 is 4.39 Å². The maximum absolute atomic E-state index is 12.7. The molecule has 2 aliphatic rings. The fourth-order valence-corrected chi connectivity index (χ4v) is 1.55. The molecule has 2 N–H and O–H groups in total. The maximum Gasteiger partial charge on any atom is 0.204 e. The van der Waals surface area contributed by atoms with Crippen molar-refractivity contribution in [2.24, 2.45) is 0 Å². The summed E-state index contributed by atoms with van der Waals surface area (Å²) < 4.78 is 12.0. The number of allylic oxidation sites excluding steroid dienone is 1. The largest absolute Gasteiger partial charge is 0.359 e. The highest BCUT2D eigenvalue weighted by Crippen LogP contribution is 2.27. The molecule has 0 bridgehead atoms. The van der Waals surface area contributed by atoms with Crippen molar-refractivity contribution in [2.75, 3.05) is 6.67 Å². The zero-order chi connectivity index (χ0) is 10.2.